The topological polar surface area (TPSA) is 48.0 Å². The van der Waals surface area contributed by atoms with Crippen LogP contribution in [-0.2, 0) is 14.2 Å². The second kappa shape index (κ2) is 13.8. The van der Waals surface area contributed by atoms with Crippen molar-refractivity contribution in [2.24, 2.45) is 0 Å². The summed E-state index contributed by atoms with van der Waals surface area (Å²) in [7, 11) is -1.34. The Balaban J connectivity index is 1.43. The second-order valence-electron chi connectivity index (χ2n) is 12.6. The van der Waals surface area contributed by atoms with Gasteiger partial charge in [0.25, 0.3) is 0 Å². The normalized spacial score (nSPS) is 18.8. The summed E-state index contributed by atoms with van der Waals surface area (Å²) in [5, 5.41) is 2.23. The highest BCUT2D eigenvalue weighted by Crippen LogP contribution is 2.37. The van der Waals surface area contributed by atoms with Gasteiger partial charge in [0.1, 0.15) is 5.82 Å². The van der Waals surface area contributed by atoms with Crippen molar-refractivity contribution in [3.8, 4) is 0 Å². The monoisotopic (exact) mass is 599 g/mol. The highest BCUT2D eigenvalue weighted by atomic mass is 28.3. The maximum Gasteiger partial charge on any atom is 0.409 e. The lowest BCUT2D eigenvalue weighted by Crippen LogP contribution is -2.47. The molecule has 0 bridgehead atoms. The van der Waals surface area contributed by atoms with E-state index in [0.29, 0.717) is 26.1 Å². The van der Waals surface area contributed by atoms with Crippen molar-refractivity contribution in [1.82, 2.24) is 4.90 Å². The zero-order valence-corrected chi connectivity index (χ0v) is 26.5. The summed E-state index contributed by atoms with van der Waals surface area (Å²) in [6.07, 6.45) is -0.991. The van der Waals surface area contributed by atoms with E-state index in [-0.39, 0.29) is 23.9 Å². The van der Waals surface area contributed by atoms with Crippen LogP contribution in [0.5, 0.6) is 0 Å². The third kappa shape index (κ3) is 8.31. The Morgan fingerprint density at radius 2 is 1.60 bits per heavy atom. The molecular formula is C36H42FNO4Si. The molecule has 1 aliphatic rings. The van der Waals surface area contributed by atoms with Crippen molar-refractivity contribution < 1.29 is 23.4 Å². The molecule has 1 saturated heterocycles. The van der Waals surface area contributed by atoms with Crippen molar-refractivity contribution in [2.75, 3.05) is 19.7 Å². The fourth-order valence-electron chi connectivity index (χ4n) is 5.54. The number of hydrogen-bond acceptors (Lipinski definition) is 4. The first kappa shape index (κ1) is 30.9. The summed E-state index contributed by atoms with van der Waals surface area (Å²) < 4.78 is 33.1. The predicted octanol–water partition coefficient (Wildman–Crippen LogP) is 9.10. The Hall–Kier alpha value is -3.52. The number of carbonyl (C=O) groups excluding carboxylic acids is 1. The molecule has 4 unspecified atom stereocenters. The number of likely N-dealkylation sites (tertiary alicyclic amines) is 1. The minimum atomic E-state index is -1.34. The van der Waals surface area contributed by atoms with Crippen LogP contribution in [0, 0.1) is 5.82 Å². The molecule has 0 aliphatic carbocycles. The molecule has 0 radical (unpaired) electrons. The van der Waals surface area contributed by atoms with Crippen molar-refractivity contribution in [2.45, 2.75) is 63.4 Å². The molecule has 43 heavy (non-hydrogen) atoms. The minimum Gasteiger partial charge on any atom is -0.450 e. The Morgan fingerprint density at radius 1 is 0.907 bits per heavy atom. The molecule has 4 aromatic carbocycles. The fourth-order valence-corrected chi connectivity index (χ4v) is 6.25. The molecule has 7 heteroatoms. The SMILES string of the molecule is CC(OC(OC1CN(C(=O)OCC[Si](C)(C)C)CCC1c1ccc(F)cc1)c1ccc2ccccc2c1)c1ccccc1. The molecule has 0 saturated carbocycles. The van der Waals surface area contributed by atoms with E-state index in [2.05, 4.69) is 43.9 Å². The number of fused-ring (bicyclic) bond motifs is 1. The molecule has 1 fully saturated rings. The van der Waals surface area contributed by atoms with Crippen LogP contribution in [0.3, 0.4) is 0 Å². The maximum atomic E-state index is 13.9. The number of hydrogen-bond donors (Lipinski definition) is 0. The first-order valence-electron chi connectivity index (χ1n) is 15.2. The van der Waals surface area contributed by atoms with Gasteiger partial charge in [-0.05, 0) is 59.5 Å². The molecule has 1 amide bonds. The van der Waals surface area contributed by atoms with Gasteiger partial charge in [0.05, 0.1) is 25.4 Å². The van der Waals surface area contributed by atoms with Gasteiger partial charge in [-0.2, -0.15) is 0 Å². The van der Waals surface area contributed by atoms with Gasteiger partial charge < -0.3 is 19.1 Å². The minimum absolute atomic E-state index is 0.0507. The quantitative estimate of drug-likeness (QED) is 0.135. The van der Waals surface area contributed by atoms with Gasteiger partial charge >= 0.3 is 6.09 Å². The van der Waals surface area contributed by atoms with Gasteiger partial charge in [-0.15, -0.1) is 0 Å². The van der Waals surface area contributed by atoms with Crippen LogP contribution >= 0.6 is 0 Å². The molecule has 5 rings (SSSR count). The zero-order chi connectivity index (χ0) is 30.4. The second-order valence-corrected chi connectivity index (χ2v) is 18.2. The molecule has 4 atom stereocenters. The van der Waals surface area contributed by atoms with Gasteiger partial charge in [0, 0.05) is 26.1 Å². The van der Waals surface area contributed by atoms with Crippen LogP contribution in [0.25, 0.3) is 10.8 Å². The Labute approximate surface area is 255 Å². The van der Waals surface area contributed by atoms with E-state index in [4.69, 9.17) is 14.2 Å². The number of amides is 1. The van der Waals surface area contributed by atoms with Crippen LogP contribution < -0.4 is 0 Å². The van der Waals surface area contributed by atoms with Crippen LogP contribution in [0.15, 0.2) is 97.1 Å². The van der Waals surface area contributed by atoms with E-state index in [0.717, 1.165) is 33.5 Å². The van der Waals surface area contributed by atoms with Crippen molar-refractivity contribution in [3.63, 3.8) is 0 Å². The molecule has 1 heterocycles. The van der Waals surface area contributed by atoms with E-state index < -0.39 is 20.5 Å². The Kier molecular flexibility index (Phi) is 9.96. The number of ether oxygens (including phenoxy) is 3. The van der Waals surface area contributed by atoms with Crippen molar-refractivity contribution in [1.29, 1.82) is 0 Å². The predicted molar refractivity (Wildman–Crippen MR) is 172 cm³/mol. The summed E-state index contributed by atoms with van der Waals surface area (Å²) in [5.41, 5.74) is 2.92. The number of benzene rings is 4. The molecule has 4 aromatic rings. The van der Waals surface area contributed by atoms with E-state index in [1.807, 2.05) is 67.6 Å². The number of carbonyl (C=O) groups is 1. The lowest BCUT2D eigenvalue weighted by atomic mass is 9.87. The molecular weight excluding hydrogens is 557 g/mol. The number of rotatable bonds is 10. The van der Waals surface area contributed by atoms with Gasteiger partial charge in [0.15, 0.2) is 6.29 Å². The highest BCUT2D eigenvalue weighted by Gasteiger charge is 2.36. The number of halogens is 1. The first-order valence-corrected chi connectivity index (χ1v) is 18.9. The maximum absolute atomic E-state index is 13.9. The van der Waals surface area contributed by atoms with Crippen LogP contribution in [0.2, 0.25) is 25.7 Å². The van der Waals surface area contributed by atoms with Gasteiger partial charge in [-0.3, -0.25) is 0 Å². The van der Waals surface area contributed by atoms with E-state index >= 15 is 0 Å². The fraction of sp³-hybridized carbons (Fsp3) is 0.361. The van der Waals surface area contributed by atoms with E-state index in [9.17, 15) is 9.18 Å². The summed E-state index contributed by atoms with van der Waals surface area (Å²) in [4.78, 5) is 14.9. The van der Waals surface area contributed by atoms with Crippen LogP contribution in [0.4, 0.5) is 9.18 Å². The van der Waals surface area contributed by atoms with E-state index in [1.54, 1.807) is 4.90 Å². The zero-order valence-electron chi connectivity index (χ0n) is 25.5. The average Bonchev–Trinajstić information content (AvgIpc) is 3.00. The third-order valence-electron chi connectivity index (χ3n) is 8.13. The molecule has 0 aromatic heterocycles. The largest absolute Gasteiger partial charge is 0.450 e. The molecule has 0 spiro atoms. The lowest BCUT2D eigenvalue weighted by molar-refractivity contribution is -0.209. The molecule has 1 aliphatic heterocycles. The third-order valence-corrected chi connectivity index (χ3v) is 9.84. The van der Waals surface area contributed by atoms with Crippen molar-refractivity contribution >= 4 is 24.9 Å². The van der Waals surface area contributed by atoms with Gasteiger partial charge in [0.2, 0.25) is 0 Å². The average molecular weight is 600 g/mol. The van der Waals surface area contributed by atoms with Gasteiger partial charge in [-0.1, -0.05) is 98.5 Å². The summed E-state index contributed by atoms with van der Waals surface area (Å²) >= 11 is 0. The van der Waals surface area contributed by atoms with Crippen molar-refractivity contribution in [3.05, 3.63) is 120 Å². The standard InChI is InChI=1S/C36H42FNO4Si/c1-26(27-10-6-5-7-11-27)41-35(31-15-14-28-12-8-9-13-30(28)24-31)42-34-25-38(36(39)40-22-23-43(2,3)4)21-20-33(34)29-16-18-32(37)19-17-29/h5-19,24,26,33-35H,20-23,25H2,1-4H3. The number of nitrogens with zero attached hydrogens (tertiary/aromatic N) is 1. The van der Waals surface area contributed by atoms with Crippen LogP contribution in [-0.4, -0.2) is 44.9 Å². The lowest BCUT2D eigenvalue weighted by Gasteiger charge is -2.40. The first-order chi connectivity index (χ1) is 20.7. The smallest absolute Gasteiger partial charge is 0.409 e. The summed E-state index contributed by atoms with van der Waals surface area (Å²) in [6, 6.07) is 32.0. The summed E-state index contributed by atoms with van der Waals surface area (Å²) in [5.74, 6) is -0.330. The number of piperidine rings is 1. The highest BCUT2D eigenvalue weighted by molar-refractivity contribution is 6.76. The Bertz CT molecular complexity index is 1490. The van der Waals surface area contributed by atoms with Gasteiger partial charge in [-0.25, -0.2) is 9.18 Å². The van der Waals surface area contributed by atoms with E-state index in [1.165, 1.54) is 12.1 Å². The molecule has 0 N–H and O–H groups in total. The molecule has 226 valence electrons. The molecule has 5 nitrogen and oxygen atoms in total. The summed E-state index contributed by atoms with van der Waals surface area (Å²) in [6.45, 7) is 10.1. The Morgan fingerprint density at radius 3 is 2.33 bits per heavy atom. The van der Waals surface area contributed by atoms with Crippen LogP contribution in [0.1, 0.15) is 48.3 Å².